The molecule has 0 unspecified atom stereocenters. The molecule has 0 amide bonds. The van der Waals surface area contributed by atoms with Crippen LogP contribution in [0.3, 0.4) is 0 Å². The number of rotatable bonds is 5. The van der Waals surface area contributed by atoms with Crippen LogP contribution < -0.4 is 11.1 Å². The van der Waals surface area contributed by atoms with Crippen LogP contribution in [0.5, 0.6) is 0 Å². The number of pyridine rings is 1. The van der Waals surface area contributed by atoms with Crippen molar-refractivity contribution in [2.24, 2.45) is 12.8 Å². The van der Waals surface area contributed by atoms with Crippen molar-refractivity contribution in [3.63, 3.8) is 0 Å². The van der Waals surface area contributed by atoms with Gasteiger partial charge in [0.2, 0.25) is 0 Å². The summed E-state index contributed by atoms with van der Waals surface area (Å²) in [4.78, 5) is 4.46. The minimum atomic E-state index is 0.370. The summed E-state index contributed by atoms with van der Waals surface area (Å²) in [5.41, 5.74) is 8.59. The quantitative estimate of drug-likeness (QED) is 0.808. The molecule has 100 valence electrons. The Bertz CT molecular complexity index is 576. The molecule has 0 fully saturated rings. The Balaban J connectivity index is 2.06. The number of nitrogens with two attached hydrogens (primary N) is 1. The van der Waals surface area contributed by atoms with Gasteiger partial charge in [0.15, 0.2) is 0 Å². The topological polar surface area (TPSA) is 68.8 Å². The molecule has 0 saturated heterocycles. The Morgan fingerprint density at radius 3 is 2.95 bits per heavy atom. The molecule has 3 N–H and O–H groups in total. The van der Waals surface area contributed by atoms with Gasteiger partial charge in [0.1, 0.15) is 10.8 Å². The van der Waals surface area contributed by atoms with Gasteiger partial charge in [0, 0.05) is 26.0 Å². The molecule has 0 spiro atoms. The number of thiocarbonyl (C=S) groups is 1. The van der Waals surface area contributed by atoms with Gasteiger partial charge in [-0.2, -0.15) is 5.10 Å². The van der Waals surface area contributed by atoms with E-state index < -0.39 is 0 Å². The molecular formula is C13H17N5S. The van der Waals surface area contributed by atoms with Crippen LogP contribution in [0.15, 0.2) is 24.5 Å². The Kier molecular flexibility index (Phi) is 4.11. The molecule has 2 aromatic heterocycles. The number of anilines is 1. The number of aryl methyl sites for hydroxylation is 2. The van der Waals surface area contributed by atoms with E-state index in [4.69, 9.17) is 18.0 Å². The van der Waals surface area contributed by atoms with Crippen molar-refractivity contribution in [1.82, 2.24) is 14.8 Å². The van der Waals surface area contributed by atoms with Crippen LogP contribution in [0.2, 0.25) is 0 Å². The van der Waals surface area contributed by atoms with Gasteiger partial charge in [0.25, 0.3) is 0 Å². The molecule has 2 rings (SSSR count). The van der Waals surface area contributed by atoms with Gasteiger partial charge in [-0.15, -0.1) is 0 Å². The number of aromatic nitrogens is 3. The third kappa shape index (κ3) is 3.08. The zero-order valence-electron chi connectivity index (χ0n) is 11.1. The van der Waals surface area contributed by atoms with Gasteiger partial charge in [0.05, 0.1) is 11.3 Å². The average Bonchev–Trinajstić information content (AvgIpc) is 2.65. The van der Waals surface area contributed by atoms with Crippen molar-refractivity contribution >= 4 is 23.0 Å². The Morgan fingerprint density at radius 1 is 1.53 bits per heavy atom. The van der Waals surface area contributed by atoms with Gasteiger partial charge in [-0.3, -0.25) is 9.67 Å². The molecular weight excluding hydrogens is 258 g/mol. The molecule has 2 aromatic rings. The summed E-state index contributed by atoms with van der Waals surface area (Å²) in [7, 11) is 1.88. The first-order valence-corrected chi connectivity index (χ1v) is 6.46. The minimum Gasteiger partial charge on any atom is -0.389 e. The summed E-state index contributed by atoms with van der Waals surface area (Å²) in [5, 5.41) is 7.67. The molecule has 6 heteroatoms. The summed E-state index contributed by atoms with van der Waals surface area (Å²) < 4.78 is 1.77. The van der Waals surface area contributed by atoms with Gasteiger partial charge in [-0.25, -0.2) is 0 Å². The summed E-state index contributed by atoms with van der Waals surface area (Å²) >= 11 is 5.07. The molecule has 0 saturated carbocycles. The lowest BCUT2D eigenvalue weighted by Crippen LogP contribution is -2.16. The summed E-state index contributed by atoms with van der Waals surface area (Å²) in [5.74, 6) is 0.869. The highest BCUT2D eigenvalue weighted by atomic mass is 32.1. The third-order valence-electron chi connectivity index (χ3n) is 2.90. The van der Waals surface area contributed by atoms with E-state index in [-0.39, 0.29) is 0 Å². The second kappa shape index (κ2) is 5.79. The highest BCUT2D eigenvalue weighted by Crippen LogP contribution is 2.18. The van der Waals surface area contributed by atoms with Crippen LogP contribution >= 0.6 is 12.2 Å². The highest BCUT2D eigenvalue weighted by Gasteiger charge is 2.14. The molecule has 19 heavy (non-hydrogen) atoms. The molecule has 2 heterocycles. The molecule has 0 aliphatic rings. The fraction of sp³-hybridized carbons (Fsp3) is 0.308. The monoisotopic (exact) mass is 275 g/mol. The van der Waals surface area contributed by atoms with Crippen molar-refractivity contribution in [1.29, 1.82) is 0 Å². The van der Waals surface area contributed by atoms with Crippen LogP contribution in [0.1, 0.15) is 16.8 Å². The number of hydrogen-bond acceptors (Lipinski definition) is 4. The minimum absolute atomic E-state index is 0.370. The van der Waals surface area contributed by atoms with E-state index in [9.17, 15) is 0 Å². The second-order valence-electron chi connectivity index (χ2n) is 4.33. The predicted molar refractivity (Wildman–Crippen MR) is 80.3 cm³/mol. The molecule has 0 aromatic carbocycles. The smallest absolute Gasteiger partial charge is 0.134 e. The van der Waals surface area contributed by atoms with Gasteiger partial charge in [-0.05, 0) is 25.0 Å². The molecule has 0 aliphatic heterocycles. The van der Waals surface area contributed by atoms with Crippen molar-refractivity contribution in [2.45, 2.75) is 13.3 Å². The first-order chi connectivity index (χ1) is 9.09. The zero-order valence-corrected chi connectivity index (χ0v) is 11.9. The van der Waals surface area contributed by atoms with Gasteiger partial charge in [-0.1, -0.05) is 18.3 Å². The summed E-state index contributed by atoms with van der Waals surface area (Å²) in [6, 6.07) is 3.99. The van der Waals surface area contributed by atoms with Gasteiger partial charge >= 0.3 is 0 Å². The van der Waals surface area contributed by atoms with E-state index in [1.54, 1.807) is 10.9 Å². The maximum absolute atomic E-state index is 5.74. The van der Waals surface area contributed by atoms with E-state index in [2.05, 4.69) is 21.5 Å². The Hall–Kier alpha value is -1.95. The van der Waals surface area contributed by atoms with E-state index in [0.717, 1.165) is 30.0 Å². The van der Waals surface area contributed by atoms with E-state index in [0.29, 0.717) is 4.99 Å². The third-order valence-corrected chi connectivity index (χ3v) is 3.10. The number of hydrogen-bond donors (Lipinski definition) is 2. The maximum Gasteiger partial charge on any atom is 0.134 e. The standard InChI is InChI=1S/C13H17N5S/c1-9-11(12(14)19)13(18(2)17-9)16-7-5-10-4-3-6-15-8-10/h3-4,6,8,16H,5,7H2,1-2H3,(H2,14,19). The Labute approximate surface area is 117 Å². The second-order valence-corrected chi connectivity index (χ2v) is 4.77. The van der Waals surface area contributed by atoms with Crippen LogP contribution in [0.25, 0.3) is 0 Å². The molecule has 0 aliphatic carbocycles. The van der Waals surface area contributed by atoms with Crippen LogP contribution in [-0.4, -0.2) is 26.3 Å². The number of nitrogens with one attached hydrogen (secondary N) is 1. The average molecular weight is 275 g/mol. The predicted octanol–water partition coefficient (Wildman–Crippen LogP) is 1.41. The van der Waals surface area contributed by atoms with Crippen molar-refractivity contribution in [3.8, 4) is 0 Å². The molecule has 0 radical (unpaired) electrons. The molecule has 0 bridgehead atoms. The van der Waals surface area contributed by atoms with Gasteiger partial charge < -0.3 is 11.1 Å². The normalized spacial score (nSPS) is 10.4. The summed E-state index contributed by atoms with van der Waals surface area (Å²) in [6.07, 6.45) is 4.52. The fourth-order valence-electron chi connectivity index (χ4n) is 2.03. The highest BCUT2D eigenvalue weighted by molar-refractivity contribution is 7.80. The zero-order chi connectivity index (χ0) is 13.8. The molecule has 0 atom stereocenters. The van der Waals surface area contributed by atoms with Crippen molar-refractivity contribution in [3.05, 3.63) is 41.3 Å². The first kappa shape index (κ1) is 13.5. The van der Waals surface area contributed by atoms with E-state index >= 15 is 0 Å². The lowest BCUT2D eigenvalue weighted by molar-refractivity contribution is 0.757. The van der Waals surface area contributed by atoms with E-state index in [1.807, 2.05) is 26.2 Å². The SMILES string of the molecule is Cc1nn(C)c(NCCc2cccnc2)c1C(N)=S. The van der Waals surface area contributed by atoms with E-state index in [1.165, 1.54) is 5.56 Å². The molecule has 5 nitrogen and oxygen atoms in total. The van der Waals surface area contributed by atoms with Crippen LogP contribution in [0.4, 0.5) is 5.82 Å². The van der Waals surface area contributed by atoms with Crippen molar-refractivity contribution < 1.29 is 0 Å². The lowest BCUT2D eigenvalue weighted by atomic mass is 10.2. The summed E-state index contributed by atoms with van der Waals surface area (Å²) in [6.45, 7) is 2.68. The van der Waals surface area contributed by atoms with Crippen LogP contribution in [-0.2, 0) is 13.5 Å². The van der Waals surface area contributed by atoms with Crippen molar-refractivity contribution in [2.75, 3.05) is 11.9 Å². The Morgan fingerprint density at radius 2 is 2.32 bits per heavy atom. The lowest BCUT2D eigenvalue weighted by Gasteiger charge is -2.09. The van der Waals surface area contributed by atoms with Crippen LogP contribution in [0, 0.1) is 6.92 Å². The first-order valence-electron chi connectivity index (χ1n) is 6.05. The maximum atomic E-state index is 5.74. The largest absolute Gasteiger partial charge is 0.389 e. The fourth-order valence-corrected chi connectivity index (χ4v) is 2.27. The number of nitrogens with zero attached hydrogens (tertiary/aromatic N) is 3.